The maximum absolute atomic E-state index is 12.5. The Hall–Kier alpha value is -1.89. The summed E-state index contributed by atoms with van der Waals surface area (Å²) in [7, 11) is -1.76. The van der Waals surface area contributed by atoms with E-state index >= 15 is 0 Å². The first kappa shape index (κ1) is 19.4. The lowest BCUT2D eigenvalue weighted by molar-refractivity contribution is -0.130. The Morgan fingerprint density at radius 2 is 1.72 bits per heavy atom. The lowest BCUT2D eigenvalue weighted by Crippen LogP contribution is -2.34. The van der Waals surface area contributed by atoms with Crippen LogP contribution in [0.2, 0.25) is 5.02 Å². The van der Waals surface area contributed by atoms with Crippen LogP contribution in [-0.2, 0) is 21.4 Å². The number of sulfonamides is 1. The lowest BCUT2D eigenvalue weighted by Gasteiger charge is -2.22. The molecule has 2 aromatic rings. The van der Waals surface area contributed by atoms with E-state index in [0.29, 0.717) is 17.1 Å². The van der Waals surface area contributed by atoms with Gasteiger partial charge in [0.1, 0.15) is 0 Å². The average Bonchev–Trinajstić information content (AvgIpc) is 2.54. The number of hydrogen-bond acceptors (Lipinski definition) is 3. The second kappa shape index (κ2) is 8.47. The quantitative estimate of drug-likeness (QED) is 0.803. The third kappa shape index (κ3) is 6.49. The van der Waals surface area contributed by atoms with Crippen molar-refractivity contribution < 1.29 is 13.2 Å². The molecule has 0 aliphatic carbocycles. The van der Waals surface area contributed by atoms with Gasteiger partial charge in [-0.3, -0.25) is 4.79 Å². The first-order chi connectivity index (χ1) is 11.7. The molecule has 1 atom stereocenters. The molecule has 1 amide bonds. The molecule has 0 saturated heterocycles. The number of hydrogen-bond donors (Lipinski definition) is 1. The van der Waals surface area contributed by atoms with Crippen LogP contribution >= 0.6 is 11.6 Å². The number of amides is 1. The zero-order chi connectivity index (χ0) is 18.4. The molecule has 0 aromatic heterocycles. The first-order valence-electron chi connectivity index (χ1n) is 7.75. The van der Waals surface area contributed by atoms with Gasteiger partial charge in [0, 0.05) is 25.0 Å². The molecule has 0 heterocycles. The van der Waals surface area contributed by atoms with Crippen molar-refractivity contribution in [3.05, 3.63) is 70.7 Å². The maximum atomic E-state index is 12.5. The lowest BCUT2D eigenvalue weighted by atomic mass is 10.0. The van der Waals surface area contributed by atoms with Crippen LogP contribution < -0.4 is 4.72 Å². The summed E-state index contributed by atoms with van der Waals surface area (Å²) in [5, 5.41) is 0.550. The van der Waals surface area contributed by atoms with Crippen molar-refractivity contribution in [2.75, 3.05) is 13.3 Å². The molecule has 0 saturated carbocycles. The minimum absolute atomic E-state index is 0.0258. The summed E-state index contributed by atoms with van der Waals surface area (Å²) < 4.78 is 25.8. The molecule has 0 fully saturated rings. The topological polar surface area (TPSA) is 66.5 Å². The predicted molar refractivity (Wildman–Crippen MR) is 99.7 cm³/mol. The summed E-state index contributed by atoms with van der Waals surface area (Å²) in [6.45, 7) is 0.464. The number of carbonyl (C=O) groups excluding carboxylic acids is 1. The first-order valence-corrected chi connectivity index (χ1v) is 10.0. The zero-order valence-corrected chi connectivity index (χ0v) is 15.7. The van der Waals surface area contributed by atoms with Crippen molar-refractivity contribution >= 4 is 27.5 Å². The molecule has 0 bridgehead atoms. The van der Waals surface area contributed by atoms with Crippen molar-refractivity contribution in [2.24, 2.45) is 0 Å². The molecule has 1 N–H and O–H groups in total. The van der Waals surface area contributed by atoms with Crippen LogP contribution in [0.4, 0.5) is 0 Å². The molecule has 2 aromatic carbocycles. The van der Waals surface area contributed by atoms with Crippen LogP contribution in [0.3, 0.4) is 0 Å². The summed E-state index contributed by atoms with van der Waals surface area (Å²) in [5.74, 6) is -0.153. The number of benzene rings is 2. The van der Waals surface area contributed by atoms with Gasteiger partial charge in [0.15, 0.2) is 0 Å². The predicted octanol–water partition coefficient (Wildman–Crippen LogP) is 2.98. The van der Waals surface area contributed by atoms with E-state index in [1.165, 1.54) is 0 Å². The number of nitrogens with one attached hydrogen (secondary N) is 1. The number of carbonyl (C=O) groups is 1. The van der Waals surface area contributed by atoms with Gasteiger partial charge >= 0.3 is 0 Å². The van der Waals surface area contributed by atoms with E-state index in [9.17, 15) is 13.2 Å². The Morgan fingerprint density at radius 3 is 2.28 bits per heavy atom. The summed E-state index contributed by atoms with van der Waals surface area (Å²) in [5.41, 5.74) is 1.70. The summed E-state index contributed by atoms with van der Waals surface area (Å²) >= 11 is 5.88. The van der Waals surface area contributed by atoms with E-state index in [1.54, 1.807) is 36.2 Å². The van der Waals surface area contributed by atoms with E-state index in [-0.39, 0.29) is 12.3 Å². The number of rotatable bonds is 7. The van der Waals surface area contributed by atoms with Gasteiger partial charge < -0.3 is 4.90 Å². The van der Waals surface area contributed by atoms with Crippen LogP contribution in [0.15, 0.2) is 54.6 Å². The zero-order valence-electron chi connectivity index (χ0n) is 14.1. The smallest absolute Gasteiger partial charge is 0.224 e. The van der Waals surface area contributed by atoms with Crippen molar-refractivity contribution in [3.63, 3.8) is 0 Å². The second-order valence-electron chi connectivity index (χ2n) is 5.93. The molecule has 2 rings (SSSR count). The van der Waals surface area contributed by atoms with Gasteiger partial charge in [-0.2, -0.15) is 0 Å². The normalized spacial score (nSPS) is 12.6. The van der Waals surface area contributed by atoms with Crippen molar-refractivity contribution in [1.29, 1.82) is 0 Å². The van der Waals surface area contributed by atoms with Crippen LogP contribution in [0, 0.1) is 0 Å². The molecule has 0 radical (unpaired) electrons. The van der Waals surface area contributed by atoms with Crippen LogP contribution in [0.1, 0.15) is 23.6 Å². The van der Waals surface area contributed by atoms with Gasteiger partial charge in [-0.25, -0.2) is 13.1 Å². The molecular weight excluding hydrogens is 360 g/mol. The molecule has 0 aliphatic heterocycles. The Balaban J connectivity index is 2.12. The third-order valence-electron chi connectivity index (χ3n) is 3.70. The number of halogens is 1. The monoisotopic (exact) mass is 380 g/mol. The molecular formula is C18H21ClN2O3S. The SMILES string of the molecule is CN(Cc1ccccc1)C(=O)C[C@@H](NS(C)(=O)=O)c1ccc(Cl)cc1. The minimum atomic E-state index is -3.47. The van der Waals surface area contributed by atoms with Gasteiger partial charge in [-0.15, -0.1) is 0 Å². The van der Waals surface area contributed by atoms with Crippen molar-refractivity contribution in [2.45, 2.75) is 19.0 Å². The Bertz CT molecular complexity index is 808. The minimum Gasteiger partial charge on any atom is -0.341 e. The molecule has 7 heteroatoms. The fraction of sp³-hybridized carbons (Fsp3) is 0.278. The van der Waals surface area contributed by atoms with Gasteiger partial charge in [0.2, 0.25) is 15.9 Å². The fourth-order valence-electron chi connectivity index (χ4n) is 2.46. The van der Waals surface area contributed by atoms with Gasteiger partial charge in [0.25, 0.3) is 0 Å². The van der Waals surface area contributed by atoms with Crippen molar-refractivity contribution in [1.82, 2.24) is 9.62 Å². The third-order valence-corrected chi connectivity index (χ3v) is 4.66. The van der Waals surface area contributed by atoms with E-state index in [2.05, 4.69) is 4.72 Å². The highest BCUT2D eigenvalue weighted by Crippen LogP contribution is 2.21. The summed E-state index contributed by atoms with van der Waals surface area (Å²) in [6, 6.07) is 15.8. The van der Waals surface area contributed by atoms with Crippen LogP contribution in [-0.4, -0.2) is 32.5 Å². The highest BCUT2D eigenvalue weighted by Gasteiger charge is 2.21. The van der Waals surface area contributed by atoms with Crippen LogP contribution in [0.5, 0.6) is 0 Å². The molecule has 134 valence electrons. The molecule has 0 spiro atoms. The van der Waals surface area contributed by atoms with E-state index in [4.69, 9.17) is 11.6 Å². The molecule has 5 nitrogen and oxygen atoms in total. The van der Waals surface area contributed by atoms with E-state index in [0.717, 1.165) is 11.8 Å². The highest BCUT2D eigenvalue weighted by molar-refractivity contribution is 7.88. The Morgan fingerprint density at radius 1 is 1.12 bits per heavy atom. The van der Waals surface area contributed by atoms with Gasteiger partial charge in [0.05, 0.1) is 12.3 Å². The maximum Gasteiger partial charge on any atom is 0.224 e. The highest BCUT2D eigenvalue weighted by atomic mass is 35.5. The Labute approximate surface area is 153 Å². The van der Waals surface area contributed by atoms with E-state index < -0.39 is 16.1 Å². The van der Waals surface area contributed by atoms with Crippen LogP contribution in [0.25, 0.3) is 0 Å². The second-order valence-corrected chi connectivity index (χ2v) is 8.15. The summed E-state index contributed by atoms with van der Waals surface area (Å²) in [4.78, 5) is 14.1. The number of nitrogens with zero attached hydrogens (tertiary/aromatic N) is 1. The van der Waals surface area contributed by atoms with E-state index in [1.807, 2.05) is 30.3 Å². The van der Waals surface area contributed by atoms with Crippen molar-refractivity contribution in [3.8, 4) is 0 Å². The molecule has 25 heavy (non-hydrogen) atoms. The fourth-order valence-corrected chi connectivity index (χ4v) is 3.32. The van der Waals surface area contributed by atoms with Gasteiger partial charge in [-0.05, 0) is 23.3 Å². The Kier molecular flexibility index (Phi) is 6.58. The average molecular weight is 381 g/mol. The summed E-state index contributed by atoms with van der Waals surface area (Å²) in [6.07, 6.45) is 1.10. The largest absolute Gasteiger partial charge is 0.341 e. The standard InChI is InChI=1S/C18H21ClN2O3S/c1-21(13-14-6-4-3-5-7-14)18(22)12-17(20-25(2,23)24)15-8-10-16(19)11-9-15/h3-11,17,20H,12-13H2,1-2H3/t17-/m1/s1. The molecule has 0 aliphatic rings. The van der Waals surface area contributed by atoms with Gasteiger partial charge in [-0.1, -0.05) is 54.1 Å². The molecule has 0 unspecified atom stereocenters.